The highest BCUT2D eigenvalue weighted by Gasteiger charge is 2.09. The van der Waals surface area contributed by atoms with E-state index in [0.29, 0.717) is 28.9 Å². The molecule has 0 aromatic heterocycles. The molecule has 0 heterocycles. The van der Waals surface area contributed by atoms with Crippen LogP contribution in [0.5, 0.6) is 5.75 Å². The van der Waals surface area contributed by atoms with Gasteiger partial charge < -0.3 is 19.9 Å². The lowest BCUT2D eigenvalue weighted by Crippen LogP contribution is -2.44. The largest absolute Gasteiger partial charge is 0.490 e. The Balaban J connectivity index is 2.44. The van der Waals surface area contributed by atoms with E-state index in [2.05, 4.69) is 22.0 Å². The van der Waals surface area contributed by atoms with E-state index in [0.717, 1.165) is 31.2 Å². The smallest absolute Gasteiger partial charge is 0.169 e. The first-order chi connectivity index (χ1) is 10.9. The molecule has 0 atom stereocenters. The second kappa shape index (κ2) is 10.9. The zero-order valence-electron chi connectivity index (χ0n) is 13.9. The summed E-state index contributed by atoms with van der Waals surface area (Å²) in [6.45, 7) is 6.02. The normalized spacial score (nSPS) is 10.7. The molecule has 23 heavy (non-hydrogen) atoms. The Morgan fingerprint density at radius 2 is 1.96 bits per heavy atom. The zero-order valence-corrected chi connectivity index (χ0v) is 16.3. The second-order valence-corrected chi connectivity index (χ2v) is 6.68. The summed E-state index contributed by atoms with van der Waals surface area (Å²) in [6, 6.07) is 5.22. The Kier molecular flexibility index (Phi) is 9.63. The Hall–Kier alpha value is -0.750. The molecule has 0 unspecified atom stereocenters. The molecule has 0 saturated heterocycles. The van der Waals surface area contributed by atoms with Crippen molar-refractivity contribution >= 4 is 40.5 Å². The standard InChI is InChI=1S/C16H25Cl2N3OS/c1-4-8-21(16(23)19-7-9-20(2)3)10-11-22-15-6-5-13(17)12-14(15)18/h5-6,12H,4,7-11H2,1-3H3,(H,19,23). The minimum atomic E-state index is 0.511. The molecule has 0 fully saturated rings. The fourth-order valence-corrected chi connectivity index (χ4v) is 2.69. The maximum Gasteiger partial charge on any atom is 0.169 e. The van der Waals surface area contributed by atoms with Gasteiger partial charge in [0.1, 0.15) is 12.4 Å². The molecule has 0 bridgehead atoms. The number of nitrogens with one attached hydrogen (secondary N) is 1. The first-order valence-electron chi connectivity index (χ1n) is 7.69. The molecular formula is C16H25Cl2N3OS. The molecule has 0 saturated carbocycles. The first-order valence-corrected chi connectivity index (χ1v) is 8.85. The predicted molar refractivity (Wildman–Crippen MR) is 103 cm³/mol. The number of nitrogens with zero attached hydrogens (tertiary/aromatic N) is 2. The van der Waals surface area contributed by atoms with Crippen molar-refractivity contribution in [3.8, 4) is 5.75 Å². The zero-order chi connectivity index (χ0) is 17.2. The summed E-state index contributed by atoms with van der Waals surface area (Å²) in [7, 11) is 4.08. The molecule has 0 aliphatic carbocycles. The van der Waals surface area contributed by atoms with Crippen LogP contribution in [-0.4, -0.2) is 61.8 Å². The van der Waals surface area contributed by atoms with Gasteiger partial charge in [0.2, 0.25) is 0 Å². The number of hydrogen-bond donors (Lipinski definition) is 1. The third kappa shape index (κ3) is 8.06. The predicted octanol–water partition coefficient (Wildman–Crippen LogP) is 3.52. The molecule has 1 rings (SSSR count). The van der Waals surface area contributed by atoms with Crippen molar-refractivity contribution in [3.05, 3.63) is 28.2 Å². The van der Waals surface area contributed by atoms with Gasteiger partial charge >= 0.3 is 0 Å². The quantitative estimate of drug-likeness (QED) is 0.664. The van der Waals surface area contributed by atoms with E-state index in [9.17, 15) is 0 Å². The molecule has 130 valence electrons. The Morgan fingerprint density at radius 3 is 2.57 bits per heavy atom. The van der Waals surface area contributed by atoms with Gasteiger partial charge in [0.25, 0.3) is 0 Å². The third-order valence-corrected chi connectivity index (χ3v) is 4.06. The van der Waals surface area contributed by atoms with Crippen LogP contribution < -0.4 is 10.1 Å². The Bertz CT molecular complexity index is 500. The van der Waals surface area contributed by atoms with Gasteiger partial charge in [-0.2, -0.15) is 0 Å². The minimum absolute atomic E-state index is 0.511. The summed E-state index contributed by atoms with van der Waals surface area (Å²) in [4.78, 5) is 4.24. The van der Waals surface area contributed by atoms with Crippen LogP contribution in [-0.2, 0) is 0 Å². The van der Waals surface area contributed by atoms with E-state index >= 15 is 0 Å². The molecule has 0 spiro atoms. The van der Waals surface area contributed by atoms with Crippen LogP contribution >= 0.6 is 35.4 Å². The van der Waals surface area contributed by atoms with E-state index in [1.807, 2.05) is 14.1 Å². The van der Waals surface area contributed by atoms with Crippen molar-refractivity contribution in [2.75, 3.05) is 46.9 Å². The van der Waals surface area contributed by atoms with Crippen molar-refractivity contribution in [1.82, 2.24) is 15.1 Å². The van der Waals surface area contributed by atoms with Crippen LogP contribution in [0.15, 0.2) is 18.2 Å². The van der Waals surface area contributed by atoms with Crippen LogP contribution in [0.25, 0.3) is 0 Å². The van der Waals surface area contributed by atoms with Crippen molar-refractivity contribution in [2.45, 2.75) is 13.3 Å². The average molecular weight is 378 g/mol. The Morgan fingerprint density at radius 1 is 1.22 bits per heavy atom. The molecule has 1 aromatic rings. The van der Waals surface area contributed by atoms with Crippen molar-refractivity contribution < 1.29 is 4.74 Å². The maximum atomic E-state index is 6.10. The summed E-state index contributed by atoms with van der Waals surface area (Å²) in [5.74, 6) is 0.638. The van der Waals surface area contributed by atoms with Gasteiger partial charge in [-0.1, -0.05) is 30.1 Å². The van der Waals surface area contributed by atoms with Gasteiger partial charge in [-0.15, -0.1) is 0 Å². The monoisotopic (exact) mass is 377 g/mol. The van der Waals surface area contributed by atoms with Gasteiger partial charge in [-0.25, -0.2) is 0 Å². The van der Waals surface area contributed by atoms with Gasteiger partial charge in [0.05, 0.1) is 11.6 Å². The number of hydrogen-bond acceptors (Lipinski definition) is 3. The van der Waals surface area contributed by atoms with E-state index in [1.165, 1.54) is 0 Å². The lowest BCUT2D eigenvalue weighted by atomic mass is 10.3. The number of halogens is 2. The maximum absolute atomic E-state index is 6.10. The molecule has 0 aliphatic rings. The minimum Gasteiger partial charge on any atom is -0.490 e. The van der Waals surface area contributed by atoms with Crippen molar-refractivity contribution in [3.63, 3.8) is 0 Å². The van der Waals surface area contributed by atoms with E-state index in [-0.39, 0.29) is 0 Å². The van der Waals surface area contributed by atoms with Gasteiger partial charge in [0.15, 0.2) is 5.11 Å². The fourth-order valence-electron chi connectivity index (χ4n) is 1.94. The molecule has 0 amide bonds. The highest BCUT2D eigenvalue weighted by atomic mass is 35.5. The number of ether oxygens (including phenoxy) is 1. The van der Waals surface area contributed by atoms with Crippen LogP contribution in [0.2, 0.25) is 10.0 Å². The molecular weight excluding hydrogens is 353 g/mol. The molecule has 0 aliphatic heterocycles. The molecule has 0 radical (unpaired) electrons. The number of likely N-dealkylation sites (N-methyl/N-ethyl adjacent to an activating group) is 1. The highest BCUT2D eigenvalue weighted by Crippen LogP contribution is 2.27. The van der Waals surface area contributed by atoms with Crippen molar-refractivity contribution in [2.24, 2.45) is 0 Å². The first kappa shape index (κ1) is 20.3. The van der Waals surface area contributed by atoms with Crippen LogP contribution in [0.1, 0.15) is 13.3 Å². The summed E-state index contributed by atoms with van der Waals surface area (Å²) in [6.07, 6.45) is 1.03. The number of thiocarbonyl (C=S) groups is 1. The van der Waals surface area contributed by atoms with E-state index < -0.39 is 0 Å². The third-order valence-electron chi connectivity index (χ3n) is 3.13. The topological polar surface area (TPSA) is 27.7 Å². The Labute approximate surface area is 154 Å². The summed E-state index contributed by atoms with van der Waals surface area (Å²) < 4.78 is 5.73. The van der Waals surface area contributed by atoms with Crippen molar-refractivity contribution in [1.29, 1.82) is 0 Å². The highest BCUT2D eigenvalue weighted by molar-refractivity contribution is 7.80. The SMILES string of the molecule is CCCN(CCOc1ccc(Cl)cc1Cl)C(=S)NCCN(C)C. The van der Waals surface area contributed by atoms with Gasteiger partial charge in [-0.05, 0) is 50.9 Å². The molecule has 1 aromatic carbocycles. The van der Waals surface area contributed by atoms with Crippen LogP contribution in [0, 0.1) is 0 Å². The van der Waals surface area contributed by atoms with Crippen LogP contribution in [0.4, 0.5) is 0 Å². The van der Waals surface area contributed by atoms with Gasteiger partial charge in [-0.3, -0.25) is 0 Å². The summed E-state index contributed by atoms with van der Waals surface area (Å²) in [5, 5.41) is 5.16. The van der Waals surface area contributed by atoms with Crippen LogP contribution in [0.3, 0.4) is 0 Å². The number of benzene rings is 1. The summed E-state index contributed by atoms with van der Waals surface area (Å²) in [5.41, 5.74) is 0. The summed E-state index contributed by atoms with van der Waals surface area (Å²) >= 11 is 17.4. The molecule has 7 heteroatoms. The molecule has 4 nitrogen and oxygen atoms in total. The number of rotatable bonds is 9. The lowest BCUT2D eigenvalue weighted by Gasteiger charge is -2.26. The molecule has 1 N–H and O–H groups in total. The van der Waals surface area contributed by atoms with E-state index in [4.69, 9.17) is 40.2 Å². The van der Waals surface area contributed by atoms with Gasteiger partial charge in [0, 0.05) is 24.7 Å². The fraction of sp³-hybridized carbons (Fsp3) is 0.562. The lowest BCUT2D eigenvalue weighted by molar-refractivity contribution is 0.266. The average Bonchev–Trinajstić information content (AvgIpc) is 2.48. The van der Waals surface area contributed by atoms with E-state index in [1.54, 1.807) is 18.2 Å². The second-order valence-electron chi connectivity index (χ2n) is 5.45.